The molecule has 3 heterocycles. The Bertz CT molecular complexity index is 1710. The first-order valence-electron chi connectivity index (χ1n) is 18.6. The van der Waals surface area contributed by atoms with Crippen molar-refractivity contribution in [1.82, 2.24) is 16.0 Å². The monoisotopic (exact) mass is 768 g/mol. The Kier molecular flexibility index (Phi) is 13.6. The Hall–Kier alpha value is -3.32. The highest BCUT2D eigenvalue weighted by Crippen LogP contribution is 2.47. The zero-order chi connectivity index (χ0) is 37.5. The normalized spacial score (nSPS) is 26.4. The van der Waals surface area contributed by atoms with Crippen molar-refractivity contribution in [2.75, 3.05) is 38.6 Å². The molecule has 4 aliphatic rings. The molecule has 1 fully saturated rings. The number of aliphatic hydroxyl groups excluding tert-OH is 3. The van der Waals surface area contributed by atoms with Gasteiger partial charge in [-0.3, -0.25) is 15.1 Å². The van der Waals surface area contributed by atoms with E-state index >= 15 is 0 Å². The van der Waals surface area contributed by atoms with E-state index in [9.17, 15) is 25.2 Å². The average molecular weight is 769 g/mol. The molecule has 2 aromatic rings. The number of fused-ring (bicyclic) bond motifs is 7. The van der Waals surface area contributed by atoms with E-state index in [1.54, 1.807) is 13.1 Å². The second-order valence-corrected chi connectivity index (χ2v) is 17.0. The summed E-state index contributed by atoms with van der Waals surface area (Å²) in [6, 6.07) is 5.59. The van der Waals surface area contributed by atoms with Gasteiger partial charge in [0.05, 0.1) is 11.7 Å². The van der Waals surface area contributed by atoms with Crippen LogP contribution in [-0.4, -0.2) is 95.3 Å². The molecule has 1 saturated heterocycles. The fraction of sp³-hybridized carbons (Fsp3) is 0.590. The Morgan fingerprint density at radius 1 is 1.02 bits per heavy atom. The third-order valence-electron chi connectivity index (χ3n) is 10.5. The lowest BCUT2D eigenvalue weighted by Gasteiger charge is -2.42. The van der Waals surface area contributed by atoms with E-state index < -0.39 is 19.2 Å². The second kappa shape index (κ2) is 18.3. The minimum Gasteiger partial charge on any atom is -0.504 e. The highest BCUT2D eigenvalue weighted by molar-refractivity contribution is 8.76. The highest BCUT2D eigenvalue weighted by atomic mass is 33.1. The number of carbonyl (C=O) groups is 1. The number of aromatic hydroxyl groups is 1. The zero-order valence-corrected chi connectivity index (χ0v) is 32.3. The smallest absolute Gasteiger partial charge is 0.201 e. The second-order valence-electron chi connectivity index (χ2n) is 14.5. The number of Topliss-reactive ketones (excluding diaryl/α,β-unsaturated/α-hetero) is 1. The van der Waals surface area contributed by atoms with Crippen LogP contribution in [0, 0.1) is 29.6 Å². The number of aliphatic imine (C=N–C) groups is 1. The molecule has 4 bridgehead atoms. The Labute approximate surface area is 319 Å². The quantitative estimate of drug-likeness (QED) is 0.124. The van der Waals surface area contributed by atoms with Crippen molar-refractivity contribution in [3.63, 3.8) is 0 Å². The van der Waals surface area contributed by atoms with Gasteiger partial charge < -0.3 is 45.3 Å². The minimum absolute atomic E-state index is 0.00917. The summed E-state index contributed by atoms with van der Waals surface area (Å²) < 4.78 is 18.2. The van der Waals surface area contributed by atoms with Crippen molar-refractivity contribution < 1.29 is 39.4 Å². The van der Waals surface area contributed by atoms with E-state index in [2.05, 4.69) is 47.7 Å². The van der Waals surface area contributed by atoms with Gasteiger partial charge in [-0.2, -0.15) is 0 Å². The number of nitrogens with one attached hydrogen (secondary N) is 3. The van der Waals surface area contributed by atoms with Crippen molar-refractivity contribution in [3.05, 3.63) is 46.0 Å². The molecule has 12 nitrogen and oxygen atoms in total. The molecule has 6 atom stereocenters. The summed E-state index contributed by atoms with van der Waals surface area (Å²) in [6.07, 6.45) is 1.05. The maximum atomic E-state index is 13.1. The van der Waals surface area contributed by atoms with Gasteiger partial charge in [-0.15, -0.1) is 0 Å². The van der Waals surface area contributed by atoms with E-state index in [0.717, 1.165) is 40.6 Å². The number of ether oxygens (including phenoxy) is 3. The summed E-state index contributed by atoms with van der Waals surface area (Å²) in [5, 5.41) is 53.4. The number of nitrogens with zero attached hydrogens (tertiary/aromatic N) is 1. The highest BCUT2D eigenvalue weighted by Gasteiger charge is 2.42. The molecule has 0 spiro atoms. The van der Waals surface area contributed by atoms with Crippen LogP contribution in [-0.2, 0) is 30.5 Å². The molecule has 288 valence electrons. The number of phenolic OH excluding ortho intramolecular Hbond substituents is 1. The Balaban J connectivity index is 1.39. The van der Waals surface area contributed by atoms with Crippen LogP contribution in [0.2, 0.25) is 0 Å². The molecule has 14 heteroatoms. The number of hydrogen-bond acceptors (Lipinski definition) is 14. The van der Waals surface area contributed by atoms with Gasteiger partial charge in [-0.05, 0) is 68.2 Å². The van der Waals surface area contributed by atoms with Crippen LogP contribution in [0.1, 0.15) is 67.3 Å². The standard InChI is InChI=1S/C39H52N4O8S2/c1-22(2)33-19-53-52-18-31(32-13-14-41-39(42-32)43-33)30-17-29-24-8-11-27(46)16-26(45)10-7-23-9-12-34(47)36(50-21-44)28(23)6-4-5-25(15-24)35(49-20-40-3)37(29)51-38(30)48/h9,12,15,22,27,30-33,38,40,44,46-48H,5,7-8,10-11,13-14,16-21H2,1-3H3,(H2,41,42,43)/t27-,30-,31-,32+,33+,38+/m1/s1. The van der Waals surface area contributed by atoms with E-state index in [4.69, 9.17) is 19.2 Å². The van der Waals surface area contributed by atoms with Gasteiger partial charge >= 0.3 is 0 Å². The lowest BCUT2D eigenvalue weighted by molar-refractivity contribution is -0.121. The van der Waals surface area contributed by atoms with Gasteiger partial charge in [-0.25, -0.2) is 0 Å². The molecule has 6 rings (SSSR count). The number of benzene rings is 2. The molecular weight excluding hydrogens is 717 g/mol. The number of aryl methyl sites for hydroxylation is 2. The first-order valence-corrected chi connectivity index (χ1v) is 21.0. The van der Waals surface area contributed by atoms with Crippen LogP contribution in [0.3, 0.4) is 0 Å². The van der Waals surface area contributed by atoms with Crippen molar-refractivity contribution in [1.29, 1.82) is 0 Å². The average Bonchev–Trinajstić information content (AvgIpc) is 3.13. The van der Waals surface area contributed by atoms with E-state index in [0.29, 0.717) is 66.8 Å². The number of aliphatic hydroxyl groups is 3. The van der Waals surface area contributed by atoms with Gasteiger partial charge in [0.2, 0.25) is 6.29 Å². The van der Waals surface area contributed by atoms with Crippen LogP contribution in [0.4, 0.5) is 0 Å². The number of hydrogen-bond donors (Lipinski definition) is 7. The Morgan fingerprint density at radius 3 is 2.64 bits per heavy atom. The summed E-state index contributed by atoms with van der Waals surface area (Å²) in [5.41, 5.74) is 3.69. The van der Waals surface area contributed by atoms with Gasteiger partial charge in [0.15, 0.2) is 35.8 Å². The fourth-order valence-corrected chi connectivity index (χ4v) is 10.5. The number of guanidine groups is 1. The predicted octanol–water partition coefficient (Wildman–Crippen LogP) is 3.28. The zero-order valence-electron chi connectivity index (χ0n) is 30.7. The van der Waals surface area contributed by atoms with E-state index in [1.807, 2.05) is 21.6 Å². The molecule has 0 aromatic heterocycles. The van der Waals surface area contributed by atoms with Crippen LogP contribution in [0.15, 0.2) is 23.2 Å². The Morgan fingerprint density at radius 2 is 1.85 bits per heavy atom. The molecule has 1 aliphatic carbocycles. The molecule has 0 amide bonds. The summed E-state index contributed by atoms with van der Waals surface area (Å²) in [5.74, 6) is 9.95. The summed E-state index contributed by atoms with van der Waals surface area (Å²) in [6.45, 7) is 4.67. The minimum atomic E-state index is -1.10. The van der Waals surface area contributed by atoms with Crippen LogP contribution >= 0.6 is 21.6 Å². The SMILES string of the molecule is CNCOc1c2cc(c3c1O[C@H](O)[C@@H]([C@H]1CSSC[C@@H](C(C)C)NC4=NCC[C@@H]1N4)C3)CC[C@@H](O)CC(=O)CCc1ccc(O)c(OCO)c1C#CC2. The van der Waals surface area contributed by atoms with Gasteiger partial charge in [0.25, 0.3) is 0 Å². The van der Waals surface area contributed by atoms with E-state index in [1.165, 1.54) is 6.07 Å². The van der Waals surface area contributed by atoms with Crippen LogP contribution < -0.4 is 30.2 Å². The van der Waals surface area contributed by atoms with Crippen molar-refractivity contribution in [2.24, 2.45) is 22.7 Å². The number of rotatable bonds is 7. The van der Waals surface area contributed by atoms with E-state index in [-0.39, 0.29) is 61.2 Å². The maximum absolute atomic E-state index is 13.1. The molecule has 3 aliphatic heterocycles. The lowest BCUT2D eigenvalue weighted by atomic mass is 9.78. The van der Waals surface area contributed by atoms with Gasteiger partial charge in [0, 0.05) is 66.4 Å². The van der Waals surface area contributed by atoms with Crippen LogP contribution in [0.25, 0.3) is 0 Å². The fourth-order valence-electron chi connectivity index (χ4n) is 7.54. The van der Waals surface area contributed by atoms with Gasteiger partial charge in [0.1, 0.15) is 12.5 Å². The number of phenols is 1. The lowest BCUT2D eigenvalue weighted by Crippen LogP contribution is -2.57. The molecule has 0 radical (unpaired) electrons. The van der Waals surface area contributed by atoms with Crippen molar-refractivity contribution in [2.45, 2.75) is 89.7 Å². The molecule has 0 saturated carbocycles. The predicted molar refractivity (Wildman–Crippen MR) is 208 cm³/mol. The third kappa shape index (κ3) is 9.50. The number of ketones is 1. The third-order valence-corrected chi connectivity index (χ3v) is 13.0. The van der Waals surface area contributed by atoms with Crippen LogP contribution in [0.5, 0.6) is 23.0 Å². The van der Waals surface area contributed by atoms with Crippen molar-refractivity contribution in [3.8, 4) is 34.8 Å². The molecule has 0 unspecified atom stereocenters. The van der Waals surface area contributed by atoms with Crippen molar-refractivity contribution >= 4 is 33.3 Å². The largest absolute Gasteiger partial charge is 0.504 e. The molecular formula is C39H52N4O8S2. The summed E-state index contributed by atoms with van der Waals surface area (Å²) >= 11 is 0. The molecule has 7 N–H and O–H groups in total. The summed E-state index contributed by atoms with van der Waals surface area (Å²) in [7, 11) is 5.47. The first-order chi connectivity index (χ1) is 25.7. The van der Waals surface area contributed by atoms with Gasteiger partial charge in [-0.1, -0.05) is 59.4 Å². The molecule has 2 aromatic carbocycles. The topological polar surface area (TPSA) is 174 Å². The summed E-state index contributed by atoms with van der Waals surface area (Å²) in [4.78, 5) is 17.8. The first kappa shape index (κ1) is 39.4. The molecule has 53 heavy (non-hydrogen) atoms. The number of carbonyl (C=O) groups excluding carboxylic acids is 1. The maximum Gasteiger partial charge on any atom is 0.201 e.